The quantitative estimate of drug-likeness (QED) is 0.381. The Balaban J connectivity index is 1.59. The van der Waals surface area contributed by atoms with Crippen LogP contribution in [0, 0.1) is 0 Å². The minimum atomic E-state index is -0.363. The van der Waals surface area contributed by atoms with Crippen molar-refractivity contribution in [1.82, 2.24) is 5.43 Å². The Morgan fingerprint density at radius 1 is 1.07 bits per heavy atom. The zero-order valence-corrected chi connectivity index (χ0v) is 15.2. The number of nitrogens with two attached hydrogens (primary N) is 1. The largest absolute Gasteiger partial charge is 0.489 e. The smallest absolute Gasteiger partial charge is 0.273 e. The number of nitrogens with one attached hydrogen (secondary N) is 1. The van der Waals surface area contributed by atoms with Gasteiger partial charge in [0.2, 0.25) is 0 Å². The summed E-state index contributed by atoms with van der Waals surface area (Å²) in [5.74, 6) is 0.329. The number of anilines is 1. The fourth-order valence-corrected chi connectivity index (χ4v) is 2.62. The molecule has 136 valence electrons. The van der Waals surface area contributed by atoms with Crippen molar-refractivity contribution in [3.63, 3.8) is 0 Å². The summed E-state index contributed by atoms with van der Waals surface area (Å²) < 4.78 is 5.78. The lowest BCUT2D eigenvalue weighted by Crippen LogP contribution is -2.18. The summed E-state index contributed by atoms with van der Waals surface area (Å²) in [6, 6.07) is 21.7. The van der Waals surface area contributed by atoms with E-state index in [1.54, 1.807) is 30.5 Å². The number of rotatable bonds is 6. The maximum Gasteiger partial charge on any atom is 0.273 e. The molecule has 0 saturated heterocycles. The molecule has 3 N–H and O–H groups in total. The Kier molecular flexibility index (Phi) is 6.07. The first-order valence-corrected chi connectivity index (χ1v) is 8.65. The van der Waals surface area contributed by atoms with Crippen LogP contribution in [0.3, 0.4) is 0 Å². The fourth-order valence-electron chi connectivity index (χ4n) is 2.41. The molecule has 0 aliphatic rings. The number of para-hydroxylation sites is 1. The molecule has 0 atom stereocenters. The Morgan fingerprint density at radius 3 is 2.70 bits per heavy atom. The first kappa shape index (κ1) is 18.5. The number of benzene rings is 3. The minimum Gasteiger partial charge on any atom is -0.489 e. The number of amides is 1. The predicted molar refractivity (Wildman–Crippen MR) is 108 cm³/mol. The van der Waals surface area contributed by atoms with Gasteiger partial charge in [-0.15, -0.1) is 0 Å². The zero-order valence-electron chi connectivity index (χ0n) is 14.4. The number of ether oxygens (including phenoxy) is 1. The van der Waals surface area contributed by atoms with E-state index in [9.17, 15) is 4.79 Å². The number of hydrazone groups is 1. The van der Waals surface area contributed by atoms with Gasteiger partial charge in [-0.25, -0.2) is 5.43 Å². The van der Waals surface area contributed by atoms with Crippen LogP contribution in [0.2, 0.25) is 5.02 Å². The zero-order chi connectivity index (χ0) is 19.1. The van der Waals surface area contributed by atoms with Crippen LogP contribution >= 0.6 is 11.6 Å². The Hall–Kier alpha value is -3.31. The molecule has 0 radical (unpaired) electrons. The van der Waals surface area contributed by atoms with Crippen molar-refractivity contribution in [2.24, 2.45) is 5.10 Å². The normalized spacial score (nSPS) is 10.7. The van der Waals surface area contributed by atoms with E-state index >= 15 is 0 Å². The van der Waals surface area contributed by atoms with Crippen molar-refractivity contribution in [2.75, 3.05) is 5.73 Å². The maximum absolute atomic E-state index is 12.1. The van der Waals surface area contributed by atoms with Gasteiger partial charge in [-0.05, 0) is 47.5 Å². The van der Waals surface area contributed by atoms with Crippen molar-refractivity contribution < 1.29 is 9.53 Å². The van der Waals surface area contributed by atoms with Crippen LogP contribution in [0.15, 0.2) is 77.9 Å². The van der Waals surface area contributed by atoms with Crippen LogP contribution in [-0.2, 0) is 6.61 Å². The minimum absolute atomic E-state index is 0.363. The molecule has 0 aliphatic heterocycles. The lowest BCUT2D eigenvalue weighted by Gasteiger charge is -2.07. The summed E-state index contributed by atoms with van der Waals surface area (Å²) in [4.78, 5) is 12.1. The van der Waals surface area contributed by atoms with Crippen LogP contribution in [-0.4, -0.2) is 12.1 Å². The summed E-state index contributed by atoms with van der Waals surface area (Å²) in [5.41, 5.74) is 10.8. The van der Waals surface area contributed by atoms with Gasteiger partial charge < -0.3 is 10.5 Å². The van der Waals surface area contributed by atoms with Crippen LogP contribution in [0.25, 0.3) is 0 Å². The van der Waals surface area contributed by atoms with Gasteiger partial charge in [0, 0.05) is 10.7 Å². The Morgan fingerprint density at radius 2 is 1.89 bits per heavy atom. The van der Waals surface area contributed by atoms with Gasteiger partial charge in [0.1, 0.15) is 12.4 Å². The SMILES string of the molecule is Nc1ccccc1C(=O)N/N=C/c1cccc(OCc2cccc(Cl)c2)c1. The first-order valence-electron chi connectivity index (χ1n) is 8.27. The predicted octanol–water partition coefficient (Wildman–Crippen LogP) is 4.27. The molecule has 3 aromatic carbocycles. The van der Waals surface area contributed by atoms with Crippen molar-refractivity contribution >= 4 is 29.4 Å². The van der Waals surface area contributed by atoms with Gasteiger partial charge in [-0.2, -0.15) is 5.10 Å². The third-order valence-corrected chi connectivity index (χ3v) is 3.97. The lowest BCUT2D eigenvalue weighted by atomic mass is 10.2. The topological polar surface area (TPSA) is 76.7 Å². The van der Waals surface area contributed by atoms with Gasteiger partial charge in [0.15, 0.2) is 0 Å². The van der Waals surface area contributed by atoms with E-state index in [1.165, 1.54) is 0 Å². The number of nitrogen functional groups attached to an aromatic ring is 1. The van der Waals surface area contributed by atoms with E-state index in [1.807, 2.05) is 48.5 Å². The molecule has 0 saturated carbocycles. The van der Waals surface area contributed by atoms with E-state index in [-0.39, 0.29) is 5.91 Å². The van der Waals surface area contributed by atoms with Gasteiger partial charge in [0.05, 0.1) is 11.8 Å². The molecule has 0 aromatic heterocycles. The molecule has 1 amide bonds. The number of halogens is 1. The van der Waals surface area contributed by atoms with Crippen molar-refractivity contribution in [3.8, 4) is 5.75 Å². The molecule has 0 spiro atoms. The van der Waals surface area contributed by atoms with Gasteiger partial charge >= 0.3 is 0 Å². The molecule has 3 aromatic rings. The number of hydrogen-bond donors (Lipinski definition) is 2. The number of hydrogen-bond acceptors (Lipinski definition) is 4. The molecule has 0 heterocycles. The summed E-state index contributed by atoms with van der Waals surface area (Å²) in [5, 5.41) is 4.65. The van der Waals surface area contributed by atoms with E-state index in [0.717, 1.165) is 11.1 Å². The molecular weight excluding hydrogens is 362 g/mol. The van der Waals surface area contributed by atoms with Crippen LogP contribution < -0.4 is 15.9 Å². The molecular formula is C21H18ClN3O2. The second kappa shape index (κ2) is 8.87. The molecule has 0 aliphatic carbocycles. The van der Waals surface area contributed by atoms with E-state index in [2.05, 4.69) is 10.5 Å². The third kappa shape index (κ3) is 5.33. The first-order chi connectivity index (χ1) is 13.1. The van der Waals surface area contributed by atoms with E-state index in [0.29, 0.717) is 28.6 Å². The molecule has 27 heavy (non-hydrogen) atoms. The van der Waals surface area contributed by atoms with Gasteiger partial charge in [0.25, 0.3) is 5.91 Å². The summed E-state index contributed by atoms with van der Waals surface area (Å²) >= 11 is 5.97. The Bertz CT molecular complexity index is 973. The average molecular weight is 380 g/mol. The highest BCUT2D eigenvalue weighted by Gasteiger charge is 2.07. The third-order valence-electron chi connectivity index (χ3n) is 3.74. The number of carbonyl (C=O) groups excluding carboxylic acids is 1. The second-order valence-corrected chi connectivity index (χ2v) is 6.21. The van der Waals surface area contributed by atoms with E-state index in [4.69, 9.17) is 22.1 Å². The van der Waals surface area contributed by atoms with Crippen LogP contribution in [0.4, 0.5) is 5.69 Å². The maximum atomic E-state index is 12.1. The molecule has 0 fully saturated rings. The van der Waals surface area contributed by atoms with Gasteiger partial charge in [-0.1, -0.05) is 48.0 Å². The van der Waals surface area contributed by atoms with Crippen molar-refractivity contribution in [3.05, 3.63) is 94.5 Å². The van der Waals surface area contributed by atoms with Crippen LogP contribution in [0.1, 0.15) is 21.5 Å². The fraction of sp³-hybridized carbons (Fsp3) is 0.0476. The molecule has 0 unspecified atom stereocenters. The Labute approximate surface area is 162 Å². The average Bonchev–Trinajstić information content (AvgIpc) is 2.67. The standard InChI is InChI=1S/C21H18ClN3O2/c22-17-7-3-6-16(11-17)14-27-18-8-4-5-15(12-18)13-24-25-21(26)19-9-1-2-10-20(19)23/h1-13H,14,23H2,(H,25,26)/b24-13+. The summed E-state index contributed by atoms with van der Waals surface area (Å²) in [6.45, 7) is 0.408. The highest BCUT2D eigenvalue weighted by Crippen LogP contribution is 2.16. The molecule has 5 nitrogen and oxygen atoms in total. The molecule has 0 bridgehead atoms. The number of nitrogens with zero attached hydrogens (tertiary/aromatic N) is 1. The monoisotopic (exact) mass is 379 g/mol. The van der Waals surface area contributed by atoms with Gasteiger partial charge in [-0.3, -0.25) is 4.79 Å². The summed E-state index contributed by atoms with van der Waals surface area (Å²) in [6.07, 6.45) is 1.54. The summed E-state index contributed by atoms with van der Waals surface area (Å²) in [7, 11) is 0. The van der Waals surface area contributed by atoms with Crippen molar-refractivity contribution in [2.45, 2.75) is 6.61 Å². The lowest BCUT2D eigenvalue weighted by molar-refractivity contribution is 0.0956. The highest BCUT2D eigenvalue weighted by molar-refractivity contribution is 6.30. The van der Waals surface area contributed by atoms with Crippen LogP contribution in [0.5, 0.6) is 5.75 Å². The second-order valence-electron chi connectivity index (χ2n) is 5.78. The number of carbonyl (C=O) groups is 1. The highest BCUT2D eigenvalue weighted by atomic mass is 35.5. The molecule has 6 heteroatoms. The van der Waals surface area contributed by atoms with E-state index < -0.39 is 0 Å². The molecule has 3 rings (SSSR count). The van der Waals surface area contributed by atoms with Crippen molar-refractivity contribution in [1.29, 1.82) is 0 Å².